The fourth-order valence-electron chi connectivity index (χ4n) is 3.34. The van der Waals surface area contributed by atoms with Gasteiger partial charge < -0.3 is 10.4 Å². The molecular formula is C18H29NO3S. The van der Waals surface area contributed by atoms with Crippen molar-refractivity contribution in [1.82, 2.24) is 5.32 Å². The third-order valence-corrected chi connectivity index (χ3v) is 7.06. The molecule has 0 saturated heterocycles. The molecule has 0 spiro atoms. The van der Waals surface area contributed by atoms with Crippen molar-refractivity contribution in [3.63, 3.8) is 0 Å². The second-order valence-corrected chi connectivity index (χ2v) is 8.90. The Morgan fingerprint density at radius 1 is 1.17 bits per heavy atom. The van der Waals surface area contributed by atoms with Gasteiger partial charge in [0.1, 0.15) is 0 Å². The number of rotatable bonds is 8. The lowest BCUT2D eigenvalue weighted by molar-refractivity contribution is 0.274. The monoisotopic (exact) mass is 339 g/mol. The first kappa shape index (κ1) is 18.4. The van der Waals surface area contributed by atoms with E-state index in [0.29, 0.717) is 10.9 Å². The van der Waals surface area contributed by atoms with Crippen LogP contribution in [-0.4, -0.2) is 31.4 Å². The molecule has 4 nitrogen and oxygen atoms in total. The lowest BCUT2D eigenvalue weighted by atomic mass is 10.1. The Labute approximate surface area is 140 Å². The van der Waals surface area contributed by atoms with Crippen LogP contribution in [0.25, 0.3) is 0 Å². The highest BCUT2D eigenvalue weighted by Gasteiger charge is 2.30. The fraction of sp³-hybridized carbons (Fsp3) is 0.667. The van der Waals surface area contributed by atoms with Crippen molar-refractivity contribution in [3.05, 3.63) is 29.8 Å². The topological polar surface area (TPSA) is 66.4 Å². The van der Waals surface area contributed by atoms with Crippen molar-refractivity contribution in [3.8, 4) is 0 Å². The average Bonchev–Trinajstić information content (AvgIpc) is 3.08. The van der Waals surface area contributed by atoms with E-state index in [4.69, 9.17) is 5.11 Å². The molecule has 2 unspecified atom stereocenters. The number of nitrogens with one attached hydrogen (secondary N) is 1. The lowest BCUT2D eigenvalue weighted by Gasteiger charge is -2.20. The van der Waals surface area contributed by atoms with Crippen molar-refractivity contribution in [1.29, 1.82) is 0 Å². The van der Waals surface area contributed by atoms with Crippen LogP contribution < -0.4 is 5.32 Å². The summed E-state index contributed by atoms with van der Waals surface area (Å²) in [6.45, 7) is 4.40. The Hall–Kier alpha value is -0.910. The quantitative estimate of drug-likeness (QED) is 0.763. The Bertz CT molecular complexity index is 577. The fourth-order valence-corrected chi connectivity index (χ4v) is 5.20. The van der Waals surface area contributed by atoms with Gasteiger partial charge in [-0.05, 0) is 57.2 Å². The molecule has 0 aromatic heterocycles. The molecule has 2 N–H and O–H groups in total. The summed E-state index contributed by atoms with van der Waals surface area (Å²) in [6.07, 6.45) is 5.35. The zero-order chi connectivity index (χ0) is 16.9. The number of hydrogen-bond acceptors (Lipinski definition) is 4. The molecule has 2 atom stereocenters. The summed E-state index contributed by atoms with van der Waals surface area (Å²) >= 11 is 0. The molecule has 0 amide bonds. The zero-order valence-electron chi connectivity index (χ0n) is 14.2. The lowest BCUT2D eigenvalue weighted by Crippen LogP contribution is -2.29. The maximum Gasteiger partial charge on any atom is 0.181 e. The van der Waals surface area contributed by atoms with Gasteiger partial charge in [-0.25, -0.2) is 8.42 Å². The van der Waals surface area contributed by atoms with Gasteiger partial charge in [-0.1, -0.05) is 25.0 Å². The molecule has 1 fully saturated rings. The zero-order valence-corrected chi connectivity index (χ0v) is 15.0. The largest absolute Gasteiger partial charge is 0.396 e. The molecule has 5 heteroatoms. The molecule has 0 heterocycles. The van der Waals surface area contributed by atoms with E-state index in [1.807, 2.05) is 12.1 Å². The minimum Gasteiger partial charge on any atom is -0.396 e. The third kappa shape index (κ3) is 4.78. The molecule has 1 aliphatic carbocycles. The normalized spacial score (nSPS) is 18.9. The number of hydrogen-bond donors (Lipinski definition) is 2. The van der Waals surface area contributed by atoms with Crippen LogP contribution in [0.1, 0.15) is 64.0 Å². The summed E-state index contributed by atoms with van der Waals surface area (Å²) in [4.78, 5) is 0.452. The number of aliphatic hydroxyl groups is 1. The van der Waals surface area contributed by atoms with Gasteiger partial charge in [-0.3, -0.25) is 0 Å². The third-order valence-electron chi connectivity index (χ3n) is 4.78. The summed E-state index contributed by atoms with van der Waals surface area (Å²) < 4.78 is 25.1. The van der Waals surface area contributed by atoms with Gasteiger partial charge in [-0.2, -0.15) is 0 Å². The van der Waals surface area contributed by atoms with Gasteiger partial charge in [0.2, 0.25) is 0 Å². The maximum atomic E-state index is 12.6. The molecule has 0 radical (unpaired) electrons. The first-order chi connectivity index (χ1) is 10.9. The molecule has 2 rings (SSSR count). The van der Waals surface area contributed by atoms with Gasteiger partial charge in [0.15, 0.2) is 9.84 Å². The van der Waals surface area contributed by atoms with Crippen LogP contribution in [0.15, 0.2) is 29.2 Å². The van der Waals surface area contributed by atoms with Crippen molar-refractivity contribution < 1.29 is 13.5 Å². The highest BCUT2D eigenvalue weighted by Crippen LogP contribution is 2.30. The van der Waals surface area contributed by atoms with Crippen molar-refractivity contribution in [2.45, 2.75) is 74.6 Å². The smallest absolute Gasteiger partial charge is 0.181 e. The first-order valence-electron chi connectivity index (χ1n) is 8.66. The molecule has 1 aliphatic rings. The molecule has 130 valence electrons. The Morgan fingerprint density at radius 2 is 1.78 bits per heavy atom. The number of sulfone groups is 1. The summed E-state index contributed by atoms with van der Waals surface area (Å²) in [5.74, 6) is 0. The van der Waals surface area contributed by atoms with Gasteiger partial charge in [0, 0.05) is 18.7 Å². The van der Waals surface area contributed by atoms with Gasteiger partial charge in [-0.15, -0.1) is 0 Å². The second-order valence-electron chi connectivity index (χ2n) is 6.68. The minimum absolute atomic E-state index is 0.159. The molecule has 1 aromatic carbocycles. The minimum atomic E-state index is -3.16. The predicted molar refractivity (Wildman–Crippen MR) is 93.2 cm³/mol. The molecular weight excluding hydrogens is 310 g/mol. The van der Waals surface area contributed by atoms with E-state index in [-0.39, 0.29) is 17.9 Å². The molecule has 23 heavy (non-hydrogen) atoms. The van der Waals surface area contributed by atoms with Crippen molar-refractivity contribution in [2.24, 2.45) is 0 Å². The summed E-state index contributed by atoms with van der Waals surface area (Å²) in [5, 5.41) is 12.2. The van der Waals surface area contributed by atoms with Crippen LogP contribution in [0.2, 0.25) is 0 Å². The van der Waals surface area contributed by atoms with E-state index in [1.165, 1.54) is 0 Å². The van der Waals surface area contributed by atoms with Crippen LogP contribution in [0.4, 0.5) is 0 Å². The molecule has 0 aliphatic heterocycles. The Balaban J connectivity index is 2.01. The van der Waals surface area contributed by atoms with Crippen LogP contribution in [0, 0.1) is 0 Å². The summed E-state index contributed by atoms with van der Waals surface area (Å²) in [5.41, 5.74) is 1.09. The van der Waals surface area contributed by atoms with E-state index in [2.05, 4.69) is 19.2 Å². The second kappa shape index (κ2) is 8.27. The summed E-state index contributed by atoms with van der Waals surface area (Å²) in [6, 6.07) is 7.81. The van der Waals surface area contributed by atoms with Crippen LogP contribution in [-0.2, 0) is 9.84 Å². The molecule has 1 saturated carbocycles. The van der Waals surface area contributed by atoms with E-state index in [9.17, 15) is 8.42 Å². The van der Waals surface area contributed by atoms with Gasteiger partial charge in [0.25, 0.3) is 0 Å². The predicted octanol–water partition coefficient (Wildman–Crippen LogP) is 3.21. The van der Waals surface area contributed by atoms with E-state index >= 15 is 0 Å². The van der Waals surface area contributed by atoms with Gasteiger partial charge >= 0.3 is 0 Å². The highest BCUT2D eigenvalue weighted by atomic mass is 32.2. The average molecular weight is 340 g/mol. The molecule has 1 aromatic rings. The van der Waals surface area contributed by atoms with Crippen LogP contribution in [0.3, 0.4) is 0 Å². The van der Waals surface area contributed by atoms with Crippen LogP contribution in [0.5, 0.6) is 0 Å². The van der Waals surface area contributed by atoms with Crippen molar-refractivity contribution in [2.75, 3.05) is 6.61 Å². The maximum absolute atomic E-state index is 12.6. The van der Waals surface area contributed by atoms with Gasteiger partial charge in [0.05, 0.1) is 10.1 Å². The van der Waals surface area contributed by atoms with Crippen LogP contribution >= 0.6 is 0 Å². The van der Waals surface area contributed by atoms with E-state index in [1.54, 1.807) is 12.1 Å². The number of aliphatic hydroxyl groups excluding tert-OH is 1. The number of benzene rings is 1. The summed E-state index contributed by atoms with van der Waals surface area (Å²) in [7, 11) is -3.16. The Morgan fingerprint density at radius 3 is 2.35 bits per heavy atom. The van der Waals surface area contributed by atoms with E-state index < -0.39 is 9.84 Å². The Kier molecular flexibility index (Phi) is 6.62. The highest BCUT2D eigenvalue weighted by molar-refractivity contribution is 7.92. The van der Waals surface area contributed by atoms with Crippen molar-refractivity contribution >= 4 is 9.84 Å². The standard InChI is InChI=1S/C18H29NO3S/c1-14(6-5-13-20)19-15(2)16-9-11-18(12-10-16)23(21,22)17-7-3-4-8-17/h9-12,14-15,17,19-20H,3-8,13H2,1-2H3. The first-order valence-corrected chi connectivity index (χ1v) is 10.2. The van der Waals surface area contributed by atoms with E-state index in [0.717, 1.165) is 44.1 Å². The molecule has 0 bridgehead atoms. The SMILES string of the molecule is CC(CCCO)NC(C)c1ccc(S(=O)(=O)C2CCCC2)cc1.